The molecule has 0 spiro atoms. The number of H-pyrrole nitrogens is 1. The van der Waals surface area contributed by atoms with Gasteiger partial charge in [0.15, 0.2) is 0 Å². The summed E-state index contributed by atoms with van der Waals surface area (Å²) in [6.45, 7) is 3.21. The van der Waals surface area contributed by atoms with Crippen molar-refractivity contribution in [3.05, 3.63) is 71.7 Å². The van der Waals surface area contributed by atoms with Crippen LogP contribution >= 0.6 is 0 Å². The lowest BCUT2D eigenvalue weighted by Gasteiger charge is -2.13. The molecular weight excluding hydrogens is 343 g/mol. The van der Waals surface area contributed by atoms with Crippen LogP contribution in [0.5, 0.6) is 0 Å². The number of hydrogen-bond donors (Lipinski definition) is 1. The Morgan fingerprint density at radius 2 is 1.89 bits per heavy atom. The molecule has 5 nitrogen and oxygen atoms in total. The van der Waals surface area contributed by atoms with Gasteiger partial charge in [-0.3, -0.25) is 9.69 Å². The molecule has 0 bridgehead atoms. The molecule has 1 aliphatic heterocycles. The van der Waals surface area contributed by atoms with Crippen LogP contribution < -0.4 is 4.90 Å². The van der Waals surface area contributed by atoms with E-state index in [1.165, 1.54) is 12.1 Å². The minimum atomic E-state index is -0.283. The summed E-state index contributed by atoms with van der Waals surface area (Å²) in [6.07, 6.45) is 0. The summed E-state index contributed by atoms with van der Waals surface area (Å²) in [5, 5.41) is 0. The van der Waals surface area contributed by atoms with Gasteiger partial charge in [-0.15, -0.1) is 0 Å². The van der Waals surface area contributed by atoms with E-state index in [0.29, 0.717) is 18.1 Å². The fraction of sp³-hybridized carbons (Fsp3) is 0.143. The number of anilines is 1. The molecule has 5 rings (SSSR count). The molecule has 6 heteroatoms. The zero-order chi connectivity index (χ0) is 18.5. The minimum Gasteiger partial charge on any atom is -0.358 e. The van der Waals surface area contributed by atoms with E-state index in [0.717, 1.165) is 34.5 Å². The lowest BCUT2D eigenvalue weighted by molar-refractivity contribution is 0.0988. The molecule has 4 aromatic rings. The van der Waals surface area contributed by atoms with Crippen molar-refractivity contribution in [2.75, 3.05) is 11.4 Å². The number of aromatic amines is 1. The van der Waals surface area contributed by atoms with E-state index in [4.69, 9.17) is 0 Å². The van der Waals surface area contributed by atoms with Crippen LogP contribution in [-0.2, 0) is 6.54 Å². The van der Waals surface area contributed by atoms with E-state index in [2.05, 4.69) is 14.5 Å². The maximum absolute atomic E-state index is 13.2. The average Bonchev–Trinajstić information content (AvgIpc) is 3.35. The summed E-state index contributed by atoms with van der Waals surface area (Å²) in [4.78, 5) is 22.8. The van der Waals surface area contributed by atoms with Crippen molar-refractivity contribution in [2.24, 2.45) is 0 Å². The Balaban J connectivity index is 1.52. The summed E-state index contributed by atoms with van der Waals surface area (Å²) < 4.78 is 15.2. The maximum atomic E-state index is 13.2. The Hall–Kier alpha value is -3.41. The number of rotatable bonds is 2. The Morgan fingerprint density at radius 3 is 2.70 bits per heavy atom. The number of para-hydroxylation sites is 2. The van der Waals surface area contributed by atoms with Crippen molar-refractivity contribution in [3.8, 4) is 11.3 Å². The normalized spacial score (nSPS) is 13.3. The van der Waals surface area contributed by atoms with E-state index in [-0.39, 0.29) is 11.7 Å². The summed E-state index contributed by atoms with van der Waals surface area (Å²) in [6, 6.07) is 16.0. The number of aryl methyl sites for hydroxylation is 1. The van der Waals surface area contributed by atoms with E-state index in [9.17, 15) is 9.18 Å². The highest BCUT2D eigenvalue weighted by atomic mass is 19.1. The first-order chi connectivity index (χ1) is 13.1. The van der Waals surface area contributed by atoms with E-state index in [1.807, 2.05) is 37.3 Å². The van der Waals surface area contributed by atoms with E-state index < -0.39 is 0 Å². The highest BCUT2D eigenvalue weighted by Gasteiger charge is 2.30. The number of aromatic nitrogens is 3. The molecule has 0 saturated carbocycles. The van der Waals surface area contributed by atoms with Gasteiger partial charge in [0, 0.05) is 24.5 Å². The van der Waals surface area contributed by atoms with Crippen LogP contribution in [0.15, 0.2) is 54.6 Å². The SMILES string of the molecule is Cc1[nH]c(-c2ccc(F)cc2)cc1C(=O)N1CCn2c1nc1ccccc12. The predicted molar refractivity (Wildman–Crippen MR) is 102 cm³/mol. The second-order valence-corrected chi connectivity index (χ2v) is 6.74. The molecule has 27 heavy (non-hydrogen) atoms. The van der Waals surface area contributed by atoms with Crippen LogP contribution in [0.1, 0.15) is 16.1 Å². The van der Waals surface area contributed by atoms with Gasteiger partial charge in [0.1, 0.15) is 5.82 Å². The maximum Gasteiger partial charge on any atom is 0.262 e. The third-order valence-corrected chi connectivity index (χ3v) is 5.07. The lowest BCUT2D eigenvalue weighted by Crippen LogP contribution is -2.29. The fourth-order valence-corrected chi connectivity index (χ4v) is 3.69. The Morgan fingerprint density at radius 1 is 1.11 bits per heavy atom. The van der Waals surface area contributed by atoms with Gasteiger partial charge in [-0.1, -0.05) is 12.1 Å². The molecule has 0 atom stereocenters. The average molecular weight is 360 g/mol. The molecule has 3 heterocycles. The monoisotopic (exact) mass is 360 g/mol. The van der Waals surface area contributed by atoms with Crippen molar-refractivity contribution >= 4 is 22.9 Å². The fourth-order valence-electron chi connectivity index (χ4n) is 3.69. The summed E-state index contributed by atoms with van der Waals surface area (Å²) >= 11 is 0. The number of nitrogens with one attached hydrogen (secondary N) is 1. The van der Waals surface area contributed by atoms with Crippen LogP contribution in [0.25, 0.3) is 22.3 Å². The second-order valence-electron chi connectivity index (χ2n) is 6.74. The molecule has 2 aromatic carbocycles. The first-order valence-electron chi connectivity index (χ1n) is 8.84. The molecule has 0 aliphatic carbocycles. The van der Waals surface area contributed by atoms with Crippen LogP contribution in [0, 0.1) is 12.7 Å². The molecule has 1 N–H and O–H groups in total. The van der Waals surface area contributed by atoms with E-state index in [1.54, 1.807) is 17.0 Å². The Labute approximate surface area is 155 Å². The number of carbonyl (C=O) groups excluding carboxylic acids is 1. The molecule has 0 radical (unpaired) electrons. The van der Waals surface area contributed by atoms with Gasteiger partial charge in [-0.05, 0) is 55.0 Å². The predicted octanol–water partition coefficient (Wildman–Crippen LogP) is 4.14. The van der Waals surface area contributed by atoms with E-state index >= 15 is 0 Å². The van der Waals surface area contributed by atoms with Gasteiger partial charge in [0.2, 0.25) is 5.95 Å². The van der Waals surface area contributed by atoms with Crippen LogP contribution in [0.2, 0.25) is 0 Å². The quantitative estimate of drug-likeness (QED) is 0.584. The van der Waals surface area contributed by atoms with Gasteiger partial charge in [0.05, 0.1) is 16.6 Å². The first kappa shape index (κ1) is 15.8. The molecule has 1 aliphatic rings. The molecule has 134 valence electrons. The number of hydrogen-bond acceptors (Lipinski definition) is 2. The topological polar surface area (TPSA) is 53.9 Å². The smallest absolute Gasteiger partial charge is 0.262 e. The summed E-state index contributed by atoms with van der Waals surface area (Å²) in [7, 11) is 0. The zero-order valence-electron chi connectivity index (χ0n) is 14.7. The van der Waals surface area contributed by atoms with Gasteiger partial charge in [-0.25, -0.2) is 9.37 Å². The largest absolute Gasteiger partial charge is 0.358 e. The van der Waals surface area contributed by atoms with Crippen molar-refractivity contribution in [1.82, 2.24) is 14.5 Å². The van der Waals surface area contributed by atoms with Gasteiger partial charge >= 0.3 is 0 Å². The van der Waals surface area contributed by atoms with Crippen LogP contribution in [0.4, 0.5) is 10.3 Å². The number of nitrogens with zero attached hydrogens (tertiary/aromatic N) is 3. The van der Waals surface area contributed by atoms with Gasteiger partial charge in [-0.2, -0.15) is 0 Å². The molecule has 1 amide bonds. The summed E-state index contributed by atoms with van der Waals surface area (Å²) in [5.41, 5.74) is 4.96. The number of imidazole rings is 1. The Kier molecular flexibility index (Phi) is 3.40. The number of carbonyl (C=O) groups is 1. The van der Waals surface area contributed by atoms with Crippen LogP contribution in [0.3, 0.4) is 0 Å². The third kappa shape index (κ3) is 2.44. The number of amides is 1. The number of fused-ring (bicyclic) bond motifs is 3. The zero-order valence-corrected chi connectivity index (χ0v) is 14.7. The molecule has 0 unspecified atom stereocenters. The van der Waals surface area contributed by atoms with Crippen molar-refractivity contribution in [1.29, 1.82) is 0 Å². The third-order valence-electron chi connectivity index (χ3n) is 5.07. The highest BCUT2D eigenvalue weighted by molar-refractivity contribution is 6.08. The van der Waals surface area contributed by atoms with Crippen molar-refractivity contribution in [2.45, 2.75) is 13.5 Å². The molecule has 0 fully saturated rings. The number of halogens is 1. The Bertz CT molecular complexity index is 1170. The summed E-state index contributed by atoms with van der Waals surface area (Å²) in [5.74, 6) is 0.325. The highest BCUT2D eigenvalue weighted by Crippen LogP contribution is 2.30. The molecular formula is C21H17FN4O. The van der Waals surface area contributed by atoms with Gasteiger partial charge < -0.3 is 9.55 Å². The van der Waals surface area contributed by atoms with Crippen molar-refractivity contribution in [3.63, 3.8) is 0 Å². The number of benzene rings is 2. The van der Waals surface area contributed by atoms with Crippen LogP contribution in [-0.4, -0.2) is 27.0 Å². The van der Waals surface area contributed by atoms with Crippen molar-refractivity contribution < 1.29 is 9.18 Å². The standard InChI is InChI=1S/C21H17FN4O/c1-13-16(12-18(23-13)14-6-8-15(22)9-7-14)20(27)26-11-10-25-19-5-3-2-4-17(19)24-21(25)26/h2-9,12,23H,10-11H2,1H3. The first-order valence-corrected chi connectivity index (χ1v) is 8.84. The van der Waals surface area contributed by atoms with Gasteiger partial charge in [0.25, 0.3) is 5.91 Å². The lowest BCUT2D eigenvalue weighted by atomic mass is 10.1. The molecule has 2 aromatic heterocycles. The molecule has 0 saturated heterocycles. The minimum absolute atomic E-state index is 0.0776. The second kappa shape index (κ2) is 5.81.